The summed E-state index contributed by atoms with van der Waals surface area (Å²) in [4.78, 5) is 23.2. The molecule has 0 aromatic carbocycles. The summed E-state index contributed by atoms with van der Waals surface area (Å²) < 4.78 is 3.64. The molecule has 1 aliphatic rings. The minimum absolute atomic E-state index is 0.0522. The number of nitrogens with one attached hydrogen (secondary N) is 1. The highest BCUT2D eigenvalue weighted by molar-refractivity contribution is 5.93. The fourth-order valence-electron chi connectivity index (χ4n) is 4.15. The van der Waals surface area contributed by atoms with Crippen molar-refractivity contribution < 1.29 is 4.79 Å². The predicted octanol–water partition coefficient (Wildman–Crippen LogP) is 2.93. The molecule has 0 aliphatic carbocycles. The summed E-state index contributed by atoms with van der Waals surface area (Å²) in [6.07, 6.45) is 6.05. The van der Waals surface area contributed by atoms with E-state index in [2.05, 4.69) is 34.1 Å². The first-order valence-corrected chi connectivity index (χ1v) is 9.86. The van der Waals surface area contributed by atoms with Gasteiger partial charge in [-0.1, -0.05) is 6.07 Å². The van der Waals surface area contributed by atoms with Gasteiger partial charge in [-0.3, -0.25) is 9.48 Å². The van der Waals surface area contributed by atoms with Crippen LogP contribution in [0.3, 0.4) is 0 Å². The van der Waals surface area contributed by atoms with Crippen LogP contribution in [0.1, 0.15) is 59.1 Å². The second kappa shape index (κ2) is 6.58. The number of aryl methyl sites for hydroxylation is 1. The van der Waals surface area contributed by atoms with Crippen molar-refractivity contribution in [2.75, 3.05) is 6.54 Å². The van der Waals surface area contributed by atoms with Crippen LogP contribution in [0.5, 0.6) is 0 Å². The van der Waals surface area contributed by atoms with Gasteiger partial charge in [-0.25, -0.2) is 9.50 Å². The Morgan fingerprint density at radius 3 is 2.97 bits per heavy atom. The molecular formula is C21H23N7O. The summed E-state index contributed by atoms with van der Waals surface area (Å²) in [5.74, 6) is -0.0522. The van der Waals surface area contributed by atoms with Gasteiger partial charge in [0, 0.05) is 37.1 Å². The Kier molecular flexibility index (Phi) is 4.01. The maximum absolute atomic E-state index is 13.6. The number of pyridine rings is 1. The number of carbonyl (C=O) groups is 1. The van der Waals surface area contributed by atoms with E-state index >= 15 is 0 Å². The lowest BCUT2D eigenvalue weighted by Gasteiger charge is -2.34. The van der Waals surface area contributed by atoms with Crippen LogP contribution in [0.4, 0.5) is 0 Å². The van der Waals surface area contributed by atoms with Crippen LogP contribution < -0.4 is 0 Å². The van der Waals surface area contributed by atoms with Crippen molar-refractivity contribution in [2.45, 2.75) is 39.3 Å². The largest absolute Gasteiger partial charge is 0.348 e. The van der Waals surface area contributed by atoms with E-state index in [1.165, 1.54) is 0 Å². The molecule has 1 aliphatic heterocycles. The molecule has 0 bridgehead atoms. The van der Waals surface area contributed by atoms with Crippen LogP contribution in [0.25, 0.3) is 5.52 Å². The monoisotopic (exact) mass is 389 g/mol. The maximum atomic E-state index is 13.6. The smallest absolute Gasteiger partial charge is 0.273 e. The first-order chi connectivity index (χ1) is 14.0. The molecule has 8 heteroatoms. The Bertz CT molecular complexity index is 1200. The molecule has 8 nitrogen and oxygen atoms in total. The quantitative estimate of drug-likeness (QED) is 0.584. The van der Waals surface area contributed by atoms with Crippen LogP contribution >= 0.6 is 0 Å². The van der Waals surface area contributed by atoms with Crippen molar-refractivity contribution in [2.24, 2.45) is 0 Å². The van der Waals surface area contributed by atoms with Crippen molar-refractivity contribution in [1.82, 2.24) is 34.3 Å². The third-order valence-corrected chi connectivity index (χ3v) is 5.58. The Morgan fingerprint density at radius 1 is 1.31 bits per heavy atom. The number of aromatic nitrogens is 6. The summed E-state index contributed by atoms with van der Waals surface area (Å²) in [7, 11) is 0. The Hall–Kier alpha value is -3.42. The third kappa shape index (κ3) is 2.74. The van der Waals surface area contributed by atoms with E-state index in [4.69, 9.17) is 5.10 Å². The van der Waals surface area contributed by atoms with Gasteiger partial charge in [-0.05, 0) is 44.5 Å². The molecule has 1 unspecified atom stereocenters. The van der Waals surface area contributed by atoms with E-state index in [0.29, 0.717) is 12.2 Å². The third-order valence-electron chi connectivity index (χ3n) is 5.58. The molecule has 0 saturated heterocycles. The summed E-state index contributed by atoms with van der Waals surface area (Å²) in [5, 5.41) is 9.13. The minimum Gasteiger partial charge on any atom is -0.348 e. The number of aromatic amines is 1. The van der Waals surface area contributed by atoms with E-state index in [1.807, 2.05) is 35.5 Å². The summed E-state index contributed by atoms with van der Waals surface area (Å²) in [6.45, 7) is 6.70. The maximum Gasteiger partial charge on any atom is 0.273 e. The lowest BCUT2D eigenvalue weighted by molar-refractivity contribution is 0.0672. The number of carbonyl (C=O) groups excluding carboxylic acids is 1. The van der Waals surface area contributed by atoms with Crippen molar-refractivity contribution in [3.63, 3.8) is 0 Å². The fourth-order valence-corrected chi connectivity index (χ4v) is 4.15. The number of amides is 1. The highest BCUT2D eigenvalue weighted by atomic mass is 16.2. The molecule has 0 fully saturated rings. The van der Waals surface area contributed by atoms with E-state index in [-0.39, 0.29) is 18.0 Å². The molecule has 5 heterocycles. The standard InChI is InChI=1S/C21H23N7O/c1-13(2)28-17(6-8-24-28)21(29)26-10-7-15-19(23-12-22-15)20(26)16-11-18-14(3)5-4-9-27(18)25-16/h4-6,8-9,11-13,20H,7,10H2,1-3H3,(H,22,23). The molecular weight excluding hydrogens is 366 g/mol. The molecule has 4 aromatic rings. The van der Waals surface area contributed by atoms with Crippen molar-refractivity contribution in [1.29, 1.82) is 0 Å². The number of H-pyrrole nitrogens is 1. The second-order valence-corrected chi connectivity index (χ2v) is 7.76. The number of hydrogen-bond acceptors (Lipinski definition) is 4. The van der Waals surface area contributed by atoms with E-state index < -0.39 is 0 Å². The van der Waals surface area contributed by atoms with Gasteiger partial charge in [0.25, 0.3) is 5.91 Å². The van der Waals surface area contributed by atoms with Crippen LogP contribution in [-0.2, 0) is 6.42 Å². The van der Waals surface area contributed by atoms with E-state index in [9.17, 15) is 4.79 Å². The van der Waals surface area contributed by atoms with Crippen molar-refractivity contribution in [3.8, 4) is 0 Å². The topological polar surface area (TPSA) is 84.1 Å². The molecule has 0 spiro atoms. The van der Waals surface area contributed by atoms with Gasteiger partial charge in [0.2, 0.25) is 0 Å². The number of imidazole rings is 1. The van der Waals surface area contributed by atoms with Crippen molar-refractivity contribution >= 4 is 11.4 Å². The normalized spacial score (nSPS) is 16.6. The van der Waals surface area contributed by atoms with Gasteiger partial charge in [0.05, 0.1) is 23.2 Å². The first-order valence-electron chi connectivity index (χ1n) is 9.86. The van der Waals surface area contributed by atoms with E-state index in [0.717, 1.165) is 34.6 Å². The molecule has 5 rings (SSSR count). The van der Waals surface area contributed by atoms with Crippen LogP contribution in [0.15, 0.2) is 43.0 Å². The van der Waals surface area contributed by atoms with Gasteiger partial charge in [-0.2, -0.15) is 10.2 Å². The van der Waals surface area contributed by atoms with Crippen molar-refractivity contribution in [3.05, 3.63) is 71.3 Å². The molecule has 1 N–H and O–H groups in total. The second-order valence-electron chi connectivity index (χ2n) is 7.76. The highest BCUT2D eigenvalue weighted by Crippen LogP contribution is 2.34. The Morgan fingerprint density at radius 2 is 2.17 bits per heavy atom. The number of fused-ring (bicyclic) bond motifs is 2. The van der Waals surface area contributed by atoms with Gasteiger partial charge >= 0.3 is 0 Å². The number of rotatable bonds is 3. The molecule has 1 amide bonds. The SMILES string of the molecule is Cc1cccn2nc(C3c4nc[nH]c4CCN3C(=O)c3ccnn3C(C)C)cc12. The first kappa shape index (κ1) is 17.7. The van der Waals surface area contributed by atoms with Gasteiger partial charge in [0.15, 0.2) is 0 Å². The van der Waals surface area contributed by atoms with Crippen LogP contribution in [-0.4, -0.2) is 46.7 Å². The lowest BCUT2D eigenvalue weighted by atomic mass is 9.99. The number of nitrogens with zero attached hydrogens (tertiary/aromatic N) is 6. The van der Waals surface area contributed by atoms with E-state index in [1.54, 1.807) is 23.3 Å². The fraction of sp³-hybridized carbons (Fsp3) is 0.333. The molecule has 29 heavy (non-hydrogen) atoms. The molecule has 0 saturated carbocycles. The Balaban J connectivity index is 1.63. The molecule has 4 aromatic heterocycles. The zero-order valence-corrected chi connectivity index (χ0v) is 16.7. The summed E-state index contributed by atoms with van der Waals surface area (Å²) in [5.41, 5.74) is 5.50. The minimum atomic E-state index is -0.340. The summed E-state index contributed by atoms with van der Waals surface area (Å²) >= 11 is 0. The average molecular weight is 389 g/mol. The molecule has 1 atom stereocenters. The van der Waals surface area contributed by atoms with Crippen LogP contribution in [0, 0.1) is 6.92 Å². The highest BCUT2D eigenvalue weighted by Gasteiger charge is 2.37. The lowest BCUT2D eigenvalue weighted by Crippen LogP contribution is -2.42. The Labute approximate surface area is 168 Å². The van der Waals surface area contributed by atoms with Gasteiger partial charge in [0.1, 0.15) is 11.7 Å². The number of hydrogen-bond donors (Lipinski definition) is 1. The zero-order valence-electron chi connectivity index (χ0n) is 16.7. The van der Waals surface area contributed by atoms with Crippen LogP contribution in [0.2, 0.25) is 0 Å². The van der Waals surface area contributed by atoms with Gasteiger partial charge < -0.3 is 9.88 Å². The molecule has 0 radical (unpaired) electrons. The predicted molar refractivity (Wildman–Crippen MR) is 108 cm³/mol. The van der Waals surface area contributed by atoms with Gasteiger partial charge in [-0.15, -0.1) is 0 Å². The average Bonchev–Trinajstić information content (AvgIpc) is 3.44. The zero-order chi connectivity index (χ0) is 20.1. The molecule has 148 valence electrons. The summed E-state index contributed by atoms with van der Waals surface area (Å²) in [6, 6.07) is 7.64.